The number of likely N-dealkylation sites (N-methyl/N-ethyl adjacent to an activating group) is 2. The summed E-state index contributed by atoms with van der Waals surface area (Å²) < 4.78 is 29.1. The highest BCUT2D eigenvalue weighted by Crippen LogP contribution is 2.38. The van der Waals surface area contributed by atoms with E-state index in [2.05, 4.69) is 54.3 Å². The fraction of sp³-hybridized carbons (Fsp3) is 0.741. The minimum Gasteiger partial charge on any atom is -0.313 e. The lowest BCUT2D eigenvalue weighted by Gasteiger charge is -2.27. The Morgan fingerprint density at radius 2 is 1.41 bits per heavy atom. The number of anilines is 1. The van der Waals surface area contributed by atoms with Gasteiger partial charge in [0.1, 0.15) is 0 Å². The topological polar surface area (TPSA) is 97.0 Å². The Balaban J connectivity index is 0.000000458. The Hall–Kier alpha value is -1.72. The van der Waals surface area contributed by atoms with Gasteiger partial charge in [-0.15, -0.1) is 0 Å². The van der Waals surface area contributed by atoms with Gasteiger partial charge in [0.15, 0.2) is 0 Å². The minimum atomic E-state index is -3.92. The zero-order valence-corrected chi connectivity index (χ0v) is 25.1. The first-order valence-electron chi connectivity index (χ1n) is 13.6. The fourth-order valence-corrected chi connectivity index (χ4v) is 6.09. The number of hydrogen-bond acceptors (Lipinski definition) is 6. The molecular weight excluding hydrogens is 488 g/mol. The maximum Gasteiger partial charge on any atom is 0.333 e. The van der Waals surface area contributed by atoms with E-state index in [0.29, 0.717) is 19.1 Å². The molecule has 0 spiro atoms. The zero-order valence-electron chi connectivity index (χ0n) is 24.3. The maximum absolute atomic E-state index is 12.8. The van der Waals surface area contributed by atoms with Gasteiger partial charge in [-0.25, -0.2) is 9.52 Å². The van der Waals surface area contributed by atoms with Crippen molar-refractivity contribution in [2.24, 2.45) is 0 Å². The summed E-state index contributed by atoms with van der Waals surface area (Å²) in [4.78, 5) is 16.7. The van der Waals surface area contributed by atoms with Gasteiger partial charge in [0.25, 0.3) is 0 Å². The molecule has 0 saturated heterocycles. The van der Waals surface area contributed by atoms with Gasteiger partial charge < -0.3 is 20.4 Å². The molecule has 0 aromatic heterocycles. The number of urea groups is 1. The summed E-state index contributed by atoms with van der Waals surface area (Å²) in [6, 6.07) is 1.98. The first-order valence-corrected chi connectivity index (χ1v) is 15.1. The number of nitrogens with one attached hydrogen (secondary N) is 3. The van der Waals surface area contributed by atoms with Crippen LogP contribution in [0.3, 0.4) is 0 Å². The van der Waals surface area contributed by atoms with Crippen molar-refractivity contribution >= 4 is 21.9 Å². The monoisotopic (exact) mass is 538 g/mol. The van der Waals surface area contributed by atoms with Gasteiger partial charge >= 0.3 is 16.2 Å². The van der Waals surface area contributed by atoms with Crippen LogP contribution >= 0.6 is 0 Å². The second-order valence-electron chi connectivity index (χ2n) is 11.2. The van der Waals surface area contributed by atoms with Gasteiger partial charge in [0.05, 0.1) is 0 Å². The van der Waals surface area contributed by atoms with Crippen LogP contribution in [0.25, 0.3) is 0 Å². The predicted molar refractivity (Wildman–Crippen MR) is 154 cm³/mol. The summed E-state index contributed by atoms with van der Waals surface area (Å²) in [6.07, 6.45) is 6.10. The molecule has 0 unspecified atom stereocenters. The van der Waals surface area contributed by atoms with E-state index in [0.717, 1.165) is 57.3 Å². The van der Waals surface area contributed by atoms with E-state index in [4.69, 9.17) is 0 Å². The number of fused-ring (bicyclic) bond motifs is 2. The van der Waals surface area contributed by atoms with Crippen molar-refractivity contribution in [2.45, 2.75) is 78.3 Å². The Kier molecular flexibility index (Phi) is 12.3. The lowest BCUT2D eigenvalue weighted by atomic mass is 9.99. The number of aryl methyl sites for hydroxylation is 2. The Morgan fingerprint density at radius 1 is 0.865 bits per heavy atom. The molecule has 0 atom stereocenters. The molecule has 212 valence electrons. The summed E-state index contributed by atoms with van der Waals surface area (Å²) >= 11 is 0. The molecule has 2 amide bonds. The first kappa shape index (κ1) is 31.5. The average Bonchev–Trinajstić information content (AvgIpc) is 3.41. The maximum atomic E-state index is 12.8. The SMILES string of the molecule is CC(C)N(CCN(C)C)S(=O)(=O)NC(=O)Nc1c2c(cc3c1CCC3)CCC2.CC(C)NCCN(C)C. The number of hydrogen-bond donors (Lipinski definition) is 3. The van der Waals surface area contributed by atoms with E-state index < -0.39 is 16.2 Å². The van der Waals surface area contributed by atoms with E-state index in [1.54, 1.807) is 0 Å². The molecule has 0 fully saturated rings. The second-order valence-corrected chi connectivity index (χ2v) is 12.8. The Bertz CT molecular complexity index is 952. The molecule has 0 saturated carbocycles. The van der Waals surface area contributed by atoms with Gasteiger partial charge in [0, 0.05) is 44.0 Å². The third kappa shape index (κ3) is 9.83. The molecule has 2 aliphatic rings. The molecule has 1 aromatic carbocycles. The predicted octanol–water partition coefficient (Wildman–Crippen LogP) is 2.85. The normalized spacial score (nSPS) is 14.8. The molecule has 9 nitrogen and oxygen atoms in total. The van der Waals surface area contributed by atoms with Crippen LogP contribution in [-0.2, 0) is 35.9 Å². The summed E-state index contributed by atoms with van der Waals surface area (Å²) in [7, 11) is 4.03. The molecule has 3 N–H and O–H groups in total. The molecule has 0 radical (unpaired) electrons. The standard InChI is InChI=1S/C20H32N4O3S.C7H18N2/c1-14(2)24(12-11-23(3)4)28(26,27)22-20(25)21-19-17-9-5-7-15(17)13-16-8-6-10-18(16)19;1-7(2)8-5-6-9(3)4/h13-14H,5-12H2,1-4H3,(H2,21,22,25);7-8H,5-6H2,1-4H3. The third-order valence-electron chi connectivity index (χ3n) is 6.70. The Morgan fingerprint density at radius 3 is 1.86 bits per heavy atom. The van der Waals surface area contributed by atoms with E-state index in [1.165, 1.54) is 26.6 Å². The van der Waals surface area contributed by atoms with Crippen molar-refractivity contribution in [1.29, 1.82) is 0 Å². The molecule has 1 aromatic rings. The summed E-state index contributed by atoms with van der Waals surface area (Å²) in [5.74, 6) is 0. The molecule has 2 aliphatic carbocycles. The number of benzene rings is 1. The van der Waals surface area contributed by atoms with E-state index in [9.17, 15) is 13.2 Å². The Labute approximate surface area is 225 Å². The van der Waals surface area contributed by atoms with Crippen molar-refractivity contribution < 1.29 is 13.2 Å². The van der Waals surface area contributed by atoms with Gasteiger partial charge in [0.2, 0.25) is 0 Å². The number of carbonyl (C=O) groups is 1. The van der Waals surface area contributed by atoms with E-state index >= 15 is 0 Å². The third-order valence-corrected chi connectivity index (χ3v) is 8.36. The zero-order chi connectivity index (χ0) is 27.8. The minimum absolute atomic E-state index is 0.240. The van der Waals surface area contributed by atoms with Gasteiger partial charge in [-0.2, -0.15) is 12.7 Å². The summed E-state index contributed by atoms with van der Waals surface area (Å²) in [5, 5.41) is 6.23. The van der Waals surface area contributed by atoms with Crippen LogP contribution in [0.2, 0.25) is 0 Å². The number of amides is 2. The average molecular weight is 539 g/mol. The smallest absolute Gasteiger partial charge is 0.313 e. The molecule has 0 aliphatic heterocycles. The lowest BCUT2D eigenvalue weighted by molar-refractivity contribution is 0.254. The summed E-state index contributed by atoms with van der Waals surface area (Å²) in [6.45, 7) is 11.1. The molecule has 0 bridgehead atoms. The molecule has 0 heterocycles. The highest BCUT2D eigenvalue weighted by Gasteiger charge is 2.29. The van der Waals surface area contributed by atoms with Gasteiger partial charge in [-0.1, -0.05) is 19.9 Å². The van der Waals surface area contributed by atoms with E-state index in [-0.39, 0.29) is 6.04 Å². The van der Waals surface area contributed by atoms with Crippen molar-refractivity contribution in [2.75, 3.05) is 59.7 Å². The van der Waals surface area contributed by atoms with Crippen LogP contribution in [0.5, 0.6) is 0 Å². The van der Waals surface area contributed by atoms with Gasteiger partial charge in [-0.3, -0.25) is 0 Å². The molecule has 3 rings (SSSR count). The van der Waals surface area contributed by atoms with E-state index in [1.807, 2.05) is 32.8 Å². The van der Waals surface area contributed by atoms with Gasteiger partial charge in [-0.05, 0) is 103 Å². The van der Waals surface area contributed by atoms with Crippen molar-refractivity contribution in [3.63, 3.8) is 0 Å². The number of rotatable bonds is 11. The molecule has 37 heavy (non-hydrogen) atoms. The van der Waals surface area contributed by atoms with Crippen LogP contribution in [0.1, 0.15) is 62.8 Å². The van der Waals surface area contributed by atoms with Crippen LogP contribution in [0.15, 0.2) is 6.07 Å². The van der Waals surface area contributed by atoms with Crippen LogP contribution in [-0.4, -0.2) is 95.0 Å². The quantitative estimate of drug-likeness (QED) is 0.401. The highest BCUT2D eigenvalue weighted by molar-refractivity contribution is 7.87. The van der Waals surface area contributed by atoms with Crippen molar-refractivity contribution in [3.05, 3.63) is 28.3 Å². The summed E-state index contributed by atoms with van der Waals surface area (Å²) in [5.41, 5.74) is 5.81. The lowest BCUT2D eigenvalue weighted by Crippen LogP contribution is -2.49. The van der Waals surface area contributed by atoms with Crippen molar-refractivity contribution in [3.8, 4) is 0 Å². The second kappa shape index (κ2) is 14.4. The fourth-order valence-electron chi connectivity index (χ4n) is 4.81. The van der Waals surface area contributed by atoms with Crippen molar-refractivity contribution in [1.82, 2.24) is 24.1 Å². The molecule has 10 heteroatoms. The van der Waals surface area contributed by atoms with Crippen LogP contribution in [0.4, 0.5) is 10.5 Å². The highest BCUT2D eigenvalue weighted by atomic mass is 32.2. The van der Waals surface area contributed by atoms with Crippen LogP contribution in [0, 0.1) is 0 Å². The first-order chi connectivity index (χ1) is 17.3. The van der Waals surface area contributed by atoms with Crippen LogP contribution < -0.4 is 15.4 Å². The largest absolute Gasteiger partial charge is 0.333 e. The molecular formula is C27H50N6O3S. The number of nitrogens with zero attached hydrogens (tertiary/aromatic N) is 3. The number of carbonyl (C=O) groups excluding carboxylic acids is 1.